The van der Waals surface area contributed by atoms with Crippen molar-refractivity contribution in [2.24, 2.45) is 0 Å². The molecule has 0 fully saturated rings. The normalized spacial score (nSPS) is 14.2. The van der Waals surface area contributed by atoms with Gasteiger partial charge in [-0.1, -0.05) is 19.1 Å². The number of hydrogen-bond donors (Lipinski definition) is 2. The summed E-state index contributed by atoms with van der Waals surface area (Å²) >= 11 is 0. The van der Waals surface area contributed by atoms with E-state index in [1.54, 1.807) is 12.1 Å². The van der Waals surface area contributed by atoms with Crippen LogP contribution in [0.2, 0.25) is 0 Å². The molecule has 0 heterocycles. The number of aliphatic hydroxyl groups is 1. The van der Waals surface area contributed by atoms with Crippen molar-refractivity contribution in [1.29, 1.82) is 0 Å². The standard InChI is InChI=1S/C13H20N2O3/c1-3-13(16)8-9-14-10(2)11-4-6-12(7-5-11)15(17)18/h4-7,10,13-14,16H,3,8-9H2,1-2H3. The topological polar surface area (TPSA) is 75.4 Å². The molecule has 1 rings (SSSR count). The highest BCUT2D eigenvalue weighted by atomic mass is 16.6. The minimum Gasteiger partial charge on any atom is -0.393 e. The summed E-state index contributed by atoms with van der Waals surface area (Å²) in [5.74, 6) is 0. The van der Waals surface area contributed by atoms with Crippen LogP contribution in [-0.4, -0.2) is 22.7 Å². The van der Waals surface area contributed by atoms with Crippen LogP contribution >= 0.6 is 0 Å². The van der Waals surface area contributed by atoms with Crippen LogP contribution in [0.5, 0.6) is 0 Å². The minimum absolute atomic E-state index is 0.104. The zero-order valence-corrected chi connectivity index (χ0v) is 10.8. The zero-order valence-electron chi connectivity index (χ0n) is 10.8. The Morgan fingerprint density at radius 2 is 2.00 bits per heavy atom. The highest BCUT2D eigenvalue weighted by Crippen LogP contribution is 2.17. The molecule has 0 bridgehead atoms. The average molecular weight is 252 g/mol. The van der Waals surface area contributed by atoms with Crippen LogP contribution < -0.4 is 5.32 Å². The second-order valence-electron chi connectivity index (χ2n) is 4.38. The van der Waals surface area contributed by atoms with Crippen LogP contribution in [0.1, 0.15) is 38.3 Å². The first-order valence-corrected chi connectivity index (χ1v) is 6.20. The van der Waals surface area contributed by atoms with Gasteiger partial charge in [-0.05, 0) is 31.9 Å². The minimum atomic E-state index is -0.403. The summed E-state index contributed by atoms with van der Waals surface area (Å²) in [6.45, 7) is 4.68. The quantitative estimate of drug-likeness (QED) is 0.577. The molecule has 100 valence electrons. The molecule has 0 saturated heterocycles. The number of nitro benzene ring substituents is 1. The van der Waals surface area contributed by atoms with Gasteiger partial charge in [0.25, 0.3) is 5.69 Å². The van der Waals surface area contributed by atoms with Crippen molar-refractivity contribution in [3.63, 3.8) is 0 Å². The first kappa shape index (κ1) is 14.6. The van der Waals surface area contributed by atoms with Gasteiger partial charge < -0.3 is 10.4 Å². The number of aliphatic hydroxyl groups excluding tert-OH is 1. The molecule has 0 aliphatic rings. The second-order valence-corrected chi connectivity index (χ2v) is 4.38. The number of rotatable bonds is 7. The van der Waals surface area contributed by atoms with Gasteiger partial charge in [-0.15, -0.1) is 0 Å². The molecule has 18 heavy (non-hydrogen) atoms. The van der Waals surface area contributed by atoms with Gasteiger partial charge in [0.15, 0.2) is 0 Å². The highest BCUT2D eigenvalue weighted by molar-refractivity contribution is 5.33. The molecule has 1 aromatic rings. The van der Waals surface area contributed by atoms with E-state index in [1.807, 2.05) is 13.8 Å². The Labute approximate surface area is 107 Å². The van der Waals surface area contributed by atoms with Gasteiger partial charge >= 0.3 is 0 Å². The van der Waals surface area contributed by atoms with Crippen molar-refractivity contribution in [2.45, 2.75) is 38.8 Å². The second kappa shape index (κ2) is 7.08. The van der Waals surface area contributed by atoms with Crippen LogP contribution in [0.25, 0.3) is 0 Å². The number of nitro groups is 1. The molecule has 5 nitrogen and oxygen atoms in total. The fraction of sp³-hybridized carbons (Fsp3) is 0.538. The number of nitrogens with one attached hydrogen (secondary N) is 1. The maximum Gasteiger partial charge on any atom is 0.269 e. The van der Waals surface area contributed by atoms with Crippen LogP contribution in [0.3, 0.4) is 0 Å². The Hall–Kier alpha value is -1.46. The van der Waals surface area contributed by atoms with E-state index in [-0.39, 0.29) is 17.8 Å². The van der Waals surface area contributed by atoms with Crippen molar-refractivity contribution >= 4 is 5.69 Å². The van der Waals surface area contributed by atoms with Gasteiger partial charge in [0, 0.05) is 18.2 Å². The molecule has 2 atom stereocenters. The average Bonchev–Trinajstić information content (AvgIpc) is 2.38. The molecular weight excluding hydrogens is 232 g/mol. The molecule has 0 aliphatic heterocycles. The van der Waals surface area contributed by atoms with Gasteiger partial charge in [0.1, 0.15) is 0 Å². The molecule has 0 saturated carbocycles. The third-order valence-electron chi connectivity index (χ3n) is 3.00. The molecular formula is C13H20N2O3. The van der Waals surface area contributed by atoms with Gasteiger partial charge in [-0.25, -0.2) is 0 Å². The SMILES string of the molecule is CCC(O)CCNC(C)c1ccc([N+](=O)[O-])cc1. The summed E-state index contributed by atoms with van der Waals surface area (Å²) in [6.07, 6.45) is 1.21. The van der Waals surface area contributed by atoms with Crippen LogP contribution in [0.15, 0.2) is 24.3 Å². The van der Waals surface area contributed by atoms with Crippen molar-refractivity contribution in [3.8, 4) is 0 Å². The Kier molecular flexibility index (Phi) is 5.74. The number of benzene rings is 1. The van der Waals surface area contributed by atoms with Crippen LogP contribution in [-0.2, 0) is 0 Å². The van der Waals surface area contributed by atoms with E-state index >= 15 is 0 Å². The fourth-order valence-corrected chi connectivity index (χ4v) is 1.67. The third-order valence-corrected chi connectivity index (χ3v) is 3.00. The number of nitrogens with zero attached hydrogens (tertiary/aromatic N) is 1. The third kappa shape index (κ3) is 4.43. The fourth-order valence-electron chi connectivity index (χ4n) is 1.67. The van der Waals surface area contributed by atoms with Gasteiger partial charge in [0.2, 0.25) is 0 Å². The Balaban J connectivity index is 2.46. The Bertz CT molecular complexity index is 378. The lowest BCUT2D eigenvalue weighted by Gasteiger charge is -2.15. The molecule has 2 N–H and O–H groups in total. The molecule has 2 unspecified atom stereocenters. The number of non-ortho nitro benzene ring substituents is 1. The van der Waals surface area contributed by atoms with Crippen LogP contribution in [0, 0.1) is 10.1 Å². The summed E-state index contributed by atoms with van der Waals surface area (Å²) in [4.78, 5) is 10.1. The summed E-state index contributed by atoms with van der Waals surface area (Å²) < 4.78 is 0. The monoisotopic (exact) mass is 252 g/mol. The van der Waals surface area contributed by atoms with E-state index in [0.29, 0.717) is 6.42 Å². The molecule has 1 aromatic carbocycles. The highest BCUT2D eigenvalue weighted by Gasteiger charge is 2.09. The maximum absolute atomic E-state index is 10.5. The molecule has 5 heteroatoms. The van der Waals surface area contributed by atoms with Gasteiger partial charge in [-0.3, -0.25) is 10.1 Å². The molecule has 0 spiro atoms. The summed E-state index contributed by atoms with van der Waals surface area (Å²) in [5.41, 5.74) is 1.11. The Morgan fingerprint density at radius 3 is 2.50 bits per heavy atom. The first-order chi connectivity index (χ1) is 8.54. The Morgan fingerprint density at radius 1 is 1.39 bits per heavy atom. The van der Waals surface area contributed by atoms with E-state index in [9.17, 15) is 15.2 Å². The van der Waals surface area contributed by atoms with E-state index in [2.05, 4.69) is 5.32 Å². The molecule has 0 aromatic heterocycles. The maximum atomic E-state index is 10.5. The molecule has 0 aliphatic carbocycles. The van der Waals surface area contributed by atoms with Crippen molar-refractivity contribution in [3.05, 3.63) is 39.9 Å². The predicted octanol–water partition coefficient (Wildman–Crippen LogP) is 2.41. The summed E-state index contributed by atoms with van der Waals surface area (Å²) in [7, 11) is 0. The van der Waals surface area contributed by atoms with Crippen molar-refractivity contribution in [2.75, 3.05) is 6.54 Å². The molecule has 0 amide bonds. The van der Waals surface area contributed by atoms with Gasteiger partial charge in [-0.2, -0.15) is 0 Å². The lowest BCUT2D eigenvalue weighted by molar-refractivity contribution is -0.384. The predicted molar refractivity (Wildman–Crippen MR) is 70.4 cm³/mol. The van der Waals surface area contributed by atoms with Crippen LogP contribution in [0.4, 0.5) is 5.69 Å². The van der Waals surface area contributed by atoms with E-state index in [4.69, 9.17) is 0 Å². The lowest BCUT2D eigenvalue weighted by atomic mass is 10.1. The van der Waals surface area contributed by atoms with E-state index < -0.39 is 4.92 Å². The van der Waals surface area contributed by atoms with Gasteiger partial charge in [0.05, 0.1) is 11.0 Å². The number of hydrogen-bond acceptors (Lipinski definition) is 4. The van der Waals surface area contributed by atoms with Crippen molar-refractivity contribution in [1.82, 2.24) is 5.32 Å². The molecule has 0 radical (unpaired) electrons. The van der Waals surface area contributed by atoms with E-state index in [0.717, 1.165) is 18.5 Å². The van der Waals surface area contributed by atoms with E-state index in [1.165, 1.54) is 12.1 Å². The lowest BCUT2D eigenvalue weighted by Crippen LogP contribution is -2.23. The smallest absolute Gasteiger partial charge is 0.269 e. The zero-order chi connectivity index (χ0) is 13.5. The summed E-state index contributed by atoms with van der Waals surface area (Å²) in [6, 6.07) is 6.65. The van der Waals surface area contributed by atoms with Crippen molar-refractivity contribution < 1.29 is 10.0 Å². The largest absolute Gasteiger partial charge is 0.393 e. The first-order valence-electron chi connectivity index (χ1n) is 6.20. The summed E-state index contributed by atoms with van der Waals surface area (Å²) in [5, 5.41) is 23.2.